The summed E-state index contributed by atoms with van der Waals surface area (Å²) in [7, 11) is 1.27. The van der Waals surface area contributed by atoms with Crippen LogP contribution in [-0.2, 0) is 18.4 Å². The Morgan fingerprint density at radius 3 is 1.06 bits per heavy atom. The maximum Gasteiger partial charge on any atom is 0.268 e. The molecule has 0 bridgehead atoms. The lowest BCUT2D eigenvalue weighted by atomic mass is 10.0. The van der Waals surface area contributed by atoms with Crippen molar-refractivity contribution in [2.45, 2.75) is 353 Å². The molecule has 0 saturated carbocycles. The molecule has 2 N–H and O–H groups in total. The topological polar surface area (TPSA) is 108 Å². The normalized spacial score (nSPS) is 14.0. The second-order valence-electron chi connectivity index (χ2n) is 24.9. The fourth-order valence-corrected chi connectivity index (χ4v) is 11.1. The number of amides is 1. The predicted octanol–water partition coefficient (Wildman–Crippen LogP) is 21.2. The number of nitrogens with zero attached hydrogens (tertiary/aromatic N) is 1. The van der Waals surface area contributed by atoms with Crippen LogP contribution in [0.15, 0.2) is 48.6 Å². The maximum atomic E-state index is 13.0. The van der Waals surface area contributed by atoms with E-state index in [9.17, 15) is 19.4 Å². The zero-order chi connectivity index (χ0) is 57.7. The van der Waals surface area contributed by atoms with Gasteiger partial charge in [0, 0.05) is 6.42 Å². The molecule has 0 aliphatic rings. The smallest absolute Gasteiger partial charge is 0.268 e. The largest absolute Gasteiger partial charge is 0.756 e. The van der Waals surface area contributed by atoms with Crippen molar-refractivity contribution in [3.05, 3.63) is 48.6 Å². The highest BCUT2D eigenvalue weighted by Gasteiger charge is 2.23. The molecule has 0 rings (SSSR count). The van der Waals surface area contributed by atoms with Crippen LogP contribution in [0.4, 0.5) is 0 Å². The van der Waals surface area contributed by atoms with Crippen LogP contribution in [0.2, 0.25) is 0 Å². The minimum absolute atomic E-state index is 0.000109. The van der Waals surface area contributed by atoms with Gasteiger partial charge in [-0.1, -0.05) is 326 Å². The number of quaternary nitrogens is 1. The van der Waals surface area contributed by atoms with Crippen LogP contribution in [0.3, 0.4) is 0 Å². The molecule has 3 unspecified atom stereocenters. The summed E-state index contributed by atoms with van der Waals surface area (Å²) in [5.74, 6) is -0.192. The van der Waals surface area contributed by atoms with Gasteiger partial charge in [-0.15, -0.1) is 0 Å². The molecule has 0 saturated heterocycles. The number of hydrogen-bond donors (Lipinski definition) is 2. The number of aliphatic hydroxyl groups is 1. The Labute approximate surface area is 492 Å². The summed E-state index contributed by atoms with van der Waals surface area (Å²) in [6.45, 7) is 4.69. The minimum Gasteiger partial charge on any atom is -0.756 e. The average Bonchev–Trinajstić information content (AvgIpc) is 3.42. The number of carbonyl (C=O) groups is 1. The van der Waals surface area contributed by atoms with E-state index >= 15 is 0 Å². The molecule has 0 aromatic rings. The lowest BCUT2D eigenvalue weighted by molar-refractivity contribution is -0.870. The second kappa shape index (κ2) is 61.0. The molecule has 0 radical (unpaired) electrons. The van der Waals surface area contributed by atoms with E-state index in [1.807, 2.05) is 27.2 Å². The number of rotatable bonds is 64. The summed E-state index contributed by atoms with van der Waals surface area (Å²) in [5, 5.41) is 14.0. The summed E-state index contributed by atoms with van der Waals surface area (Å²) >= 11 is 0. The van der Waals surface area contributed by atoms with Gasteiger partial charge >= 0.3 is 0 Å². The van der Waals surface area contributed by atoms with Crippen molar-refractivity contribution in [3.63, 3.8) is 0 Å². The van der Waals surface area contributed by atoms with Crippen molar-refractivity contribution in [2.75, 3.05) is 40.9 Å². The van der Waals surface area contributed by atoms with Crippen LogP contribution in [0.1, 0.15) is 341 Å². The first-order valence-electron chi connectivity index (χ1n) is 34.5. The van der Waals surface area contributed by atoms with Crippen molar-refractivity contribution in [1.29, 1.82) is 0 Å². The third-order valence-electron chi connectivity index (χ3n) is 15.8. The lowest BCUT2D eigenvalue weighted by Crippen LogP contribution is -2.45. The molecule has 0 heterocycles. The Balaban J connectivity index is 4.05. The van der Waals surface area contributed by atoms with Gasteiger partial charge < -0.3 is 28.8 Å². The third-order valence-corrected chi connectivity index (χ3v) is 16.7. The van der Waals surface area contributed by atoms with E-state index in [1.54, 1.807) is 6.08 Å². The monoisotopic (exact) mass is 1130 g/mol. The first-order valence-corrected chi connectivity index (χ1v) is 36.0. The number of carbonyl (C=O) groups excluding carboxylic acids is 1. The van der Waals surface area contributed by atoms with Gasteiger partial charge in [-0.25, -0.2) is 0 Å². The molecule has 0 aliphatic heterocycles. The van der Waals surface area contributed by atoms with Crippen molar-refractivity contribution >= 4 is 13.7 Å². The van der Waals surface area contributed by atoms with Gasteiger partial charge in [0.15, 0.2) is 0 Å². The maximum absolute atomic E-state index is 13.0. The number of phosphoric acid groups is 1. The minimum atomic E-state index is -4.60. The Morgan fingerprint density at radius 1 is 0.443 bits per heavy atom. The zero-order valence-corrected chi connectivity index (χ0v) is 54.2. The molecule has 0 fully saturated rings. The van der Waals surface area contributed by atoms with E-state index in [-0.39, 0.29) is 19.1 Å². The number of unbranched alkanes of at least 4 members (excludes halogenated alkanes) is 45. The van der Waals surface area contributed by atoms with Crippen LogP contribution in [0.25, 0.3) is 0 Å². The molecule has 0 aromatic carbocycles. The van der Waals surface area contributed by atoms with E-state index in [2.05, 4.69) is 55.6 Å². The summed E-state index contributed by atoms with van der Waals surface area (Å²) in [6.07, 6.45) is 82.2. The number of allylic oxidation sites excluding steroid dienone is 7. The van der Waals surface area contributed by atoms with Crippen molar-refractivity contribution < 1.29 is 32.9 Å². The highest BCUT2D eigenvalue weighted by Crippen LogP contribution is 2.38. The van der Waals surface area contributed by atoms with E-state index < -0.39 is 20.0 Å². The van der Waals surface area contributed by atoms with E-state index in [4.69, 9.17) is 9.05 Å². The van der Waals surface area contributed by atoms with Crippen molar-refractivity contribution in [1.82, 2.24) is 5.32 Å². The molecule has 8 nitrogen and oxygen atoms in total. The van der Waals surface area contributed by atoms with Crippen LogP contribution >= 0.6 is 7.82 Å². The Hall–Kier alpha value is -1.54. The second-order valence-corrected chi connectivity index (χ2v) is 26.3. The van der Waals surface area contributed by atoms with Crippen LogP contribution in [-0.4, -0.2) is 68.5 Å². The quantitative estimate of drug-likeness (QED) is 0.0272. The molecule has 0 aromatic heterocycles. The van der Waals surface area contributed by atoms with Gasteiger partial charge in [-0.05, 0) is 57.8 Å². The first kappa shape index (κ1) is 77.5. The number of phosphoric ester groups is 1. The van der Waals surface area contributed by atoms with Crippen LogP contribution in [0.5, 0.6) is 0 Å². The standard InChI is InChI=1S/C70H135N2O6P/c1-6-8-10-12-14-16-18-20-22-24-26-28-30-32-33-34-35-36-37-38-39-40-42-44-46-48-50-52-54-56-58-60-62-64-70(74)71-68(67-78-79(75,76)77-66-65-72(3,4)5)69(73)63-61-59-57-55-53-51-49-47-45-43-41-31-29-27-25-23-21-19-17-15-13-11-9-7-2/h18,20,24,26,30,32,61,63,68-69,73H,6-17,19,21-23,25,27-29,31,33-60,62,64-67H2,1-5H3,(H-,71,74,75,76)/b20-18-,26-24-,32-30-,63-61+. The van der Waals surface area contributed by atoms with Crippen LogP contribution in [0, 0.1) is 0 Å². The molecule has 466 valence electrons. The van der Waals surface area contributed by atoms with E-state index in [0.29, 0.717) is 17.4 Å². The first-order chi connectivity index (χ1) is 38.5. The summed E-state index contributed by atoms with van der Waals surface area (Å²) in [4.78, 5) is 25.6. The fourth-order valence-electron chi connectivity index (χ4n) is 10.4. The molecule has 1 amide bonds. The molecular formula is C70H135N2O6P. The van der Waals surface area contributed by atoms with Gasteiger partial charge in [0.1, 0.15) is 13.2 Å². The van der Waals surface area contributed by atoms with Crippen molar-refractivity contribution in [2.24, 2.45) is 0 Å². The SMILES string of the molecule is CCCCCCC/C=C\C/C=C\C/C=C\CCCCCCCCCCCCCCCCCCCCC(=O)NC(COP(=O)([O-])OCC[N+](C)(C)C)C(O)/C=C/CCCCCCCCCCCCCCCCCCCCCCCC. The summed E-state index contributed by atoms with van der Waals surface area (Å²) in [5.41, 5.74) is 0. The summed E-state index contributed by atoms with van der Waals surface area (Å²) < 4.78 is 23.5. The number of likely N-dealkylation sites (N-methyl/N-ethyl adjacent to an activating group) is 1. The van der Waals surface area contributed by atoms with E-state index in [1.165, 1.54) is 270 Å². The number of aliphatic hydroxyl groups excluding tert-OH is 1. The number of nitrogens with one attached hydrogen (secondary N) is 1. The van der Waals surface area contributed by atoms with Gasteiger partial charge in [-0.3, -0.25) is 9.36 Å². The van der Waals surface area contributed by atoms with Gasteiger partial charge in [0.05, 0.1) is 39.9 Å². The van der Waals surface area contributed by atoms with Gasteiger partial charge in [0.2, 0.25) is 5.91 Å². The predicted molar refractivity (Wildman–Crippen MR) is 344 cm³/mol. The lowest BCUT2D eigenvalue weighted by Gasteiger charge is -2.29. The molecule has 3 atom stereocenters. The summed E-state index contributed by atoms with van der Waals surface area (Å²) in [6, 6.07) is -0.888. The van der Waals surface area contributed by atoms with Crippen LogP contribution < -0.4 is 10.2 Å². The highest BCUT2D eigenvalue weighted by atomic mass is 31.2. The van der Waals surface area contributed by atoms with E-state index in [0.717, 1.165) is 51.4 Å². The molecule has 9 heteroatoms. The molecular weight excluding hydrogens is 996 g/mol. The fraction of sp³-hybridized carbons (Fsp3) is 0.871. The average molecular weight is 1130 g/mol. The Kier molecular flexibility index (Phi) is 59.8. The third kappa shape index (κ3) is 63.9. The van der Waals surface area contributed by atoms with Crippen molar-refractivity contribution in [3.8, 4) is 0 Å². The number of hydrogen-bond acceptors (Lipinski definition) is 6. The zero-order valence-electron chi connectivity index (χ0n) is 53.3. The molecule has 79 heavy (non-hydrogen) atoms. The molecule has 0 spiro atoms. The Morgan fingerprint density at radius 2 is 0.734 bits per heavy atom. The Bertz CT molecular complexity index is 1430. The van der Waals surface area contributed by atoms with Gasteiger partial charge in [0.25, 0.3) is 7.82 Å². The van der Waals surface area contributed by atoms with Gasteiger partial charge in [-0.2, -0.15) is 0 Å². The highest BCUT2D eigenvalue weighted by molar-refractivity contribution is 7.45. The molecule has 0 aliphatic carbocycles.